The van der Waals surface area contributed by atoms with Gasteiger partial charge in [-0.2, -0.15) is 0 Å². The zero-order chi connectivity index (χ0) is 18.2. The molecule has 2 aromatic rings. The van der Waals surface area contributed by atoms with Crippen molar-refractivity contribution in [1.29, 1.82) is 0 Å². The highest BCUT2D eigenvalue weighted by Gasteiger charge is 2.06. The van der Waals surface area contributed by atoms with Gasteiger partial charge in [-0.3, -0.25) is 0 Å². The second-order valence-electron chi connectivity index (χ2n) is 5.65. The molecule has 0 saturated carbocycles. The van der Waals surface area contributed by atoms with E-state index >= 15 is 0 Å². The van der Waals surface area contributed by atoms with Crippen molar-refractivity contribution in [3.05, 3.63) is 53.1 Å². The van der Waals surface area contributed by atoms with Crippen LogP contribution in [0.25, 0.3) is 0 Å². The molecular weight excluding hydrogens is 354 g/mol. The first-order valence-electron chi connectivity index (χ1n) is 8.23. The first-order chi connectivity index (χ1) is 12.0. The fraction of sp³-hybridized carbons (Fsp3) is 0.316. The summed E-state index contributed by atoms with van der Waals surface area (Å²) < 4.78 is 5.14. The van der Waals surface area contributed by atoms with Crippen LogP contribution in [-0.2, 0) is 0 Å². The molecule has 0 aliphatic heterocycles. The van der Waals surface area contributed by atoms with E-state index < -0.39 is 0 Å². The lowest BCUT2D eigenvalue weighted by Gasteiger charge is -2.24. The van der Waals surface area contributed by atoms with Crippen LogP contribution in [0.1, 0.15) is 12.5 Å². The molecule has 2 aromatic carbocycles. The Hall–Kier alpha value is -1.98. The maximum atomic E-state index is 6.12. The third-order valence-corrected chi connectivity index (χ3v) is 4.40. The van der Waals surface area contributed by atoms with Crippen molar-refractivity contribution in [3.8, 4) is 5.75 Å². The molecule has 2 rings (SSSR count). The molecule has 0 radical (unpaired) electrons. The number of hydrogen-bond donors (Lipinski definition) is 2. The normalized spacial score (nSPS) is 10.2. The Morgan fingerprint density at radius 3 is 2.52 bits per heavy atom. The zero-order valence-corrected chi connectivity index (χ0v) is 16.4. The van der Waals surface area contributed by atoms with Crippen molar-refractivity contribution in [2.45, 2.75) is 13.8 Å². The lowest BCUT2D eigenvalue weighted by atomic mass is 10.2. The standard InChI is InChI=1S/C19H24ClN3OS/c1-4-23(16-8-5-14(2)6-9-16)12-11-21-19(25)22-15-7-10-18(24-3)17(20)13-15/h5-10,13H,4,11-12H2,1-3H3,(H2,21,22,25). The van der Waals surface area contributed by atoms with Crippen molar-refractivity contribution < 1.29 is 4.74 Å². The van der Waals surface area contributed by atoms with Gasteiger partial charge in [-0.1, -0.05) is 29.3 Å². The van der Waals surface area contributed by atoms with Crippen molar-refractivity contribution in [1.82, 2.24) is 5.32 Å². The third-order valence-electron chi connectivity index (χ3n) is 3.86. The molecular formula is C19H24ClN3OS. The molecule has 0 unspecified atom stereocenters. The van der Waals surface area contributed by atoms with Crippen LogP contribution >= 0.6 is 23.8 Å². The zero-order valence-electron chi connectivity index (χ0n) is 14.8. The van der Waals surface area contributed by atoms with E-state index in [-0.39, 0.29) is 0 Å². The number of ether oxygens (including phenoxy) is 1. The summed E-state index contributed by atoms with van der Waals surface area (Å²) in [5, 5.41) is 7.48. The molecule has 0 aliphatic carbocycles. The Kier molecular flexibility index (Phi) is 7.34. The van der Waals surface area contributed by atoms with E-state index in [4.69, 9.17) is 28.6 Å². The lowest BCUT2D eigenvalue weighted by molar-refractivity contribution is 0.415. The molecule has 25 heavy (non-hydrogen) atoms. The minimum absolute atomic E-state index is 0.548. The van der Waals surface area contributed by atoms with E-state index in [1.807, 2.05) is 12.1 Å². The van der Waals surface area contributed by atoms with E-state index in [0.717, 1.165) is 25.3 Å². The second-order valence-corrected chi connectivity index (χ2v) is 6.46. The quantitative estimate of drug-likeness (QED) is 0.696. The summed E-state index contributed by atoms with van der Waals surface area (Å²) in [6.45, 7) is 6.80. The number of benzene rings is 2. The van der Waals surface area contributed by atoms with Gasteiger partial charge >= 0.3 is 0 Å². The summed E-state index contributed by atoms with van der Waals surface area (Å²) >= 11 is 11.5. The average molecular weight is 378 g/mol. The number of nitrogens with zero attached hydrogens (tertiary/aromatic N) is 1. The minimum Gasteiger partial charge on any atom is -0.495 e. The fourth-order valence-electron chi connectivity index (χ4n) is 2.45. The van der Waals surface area contributed by atoms with Gasteiger partial charge in [0.25, 0.3) is 0 Å². The Labute approximate surface area is 160 Å². The number of nitrogens with one attached hydrogen (secondary N) is 2. The number of methoxy groups -OCH3 is 1. The SMILES string of the molecule is CCN(CCNC(=S)Nc1ccc(OC)c(Cl)c1)c1ccc(C)cc1. The van der Waals surface area contributed by atoms with Crippen LogP contribution in [-0.4, -0.2) is 31.9 Å². The molecule has 134 valence electrons. The Bertz CT molecular complexity index is 706. The molecule has 4 nitrogen and oxygen atoms in total. The van der Waals surface area contributed by atoms with Crippen LogP contribution in [0.3, 0.4) is 0 Å². The van der Waals surface area contributed by atoms with E-state index in [0.29, 0.717) is 15.9 Å². The minimum atomic E-state index is 0.548. The predicted molar refractivity (Wildman–Crippen MR) is 111 cm³/mol. The monoisotopic (exact) mass is 377 g/mol. The van der Waals surface area contributed by atoms with Crippen LogP contribution in [0.5, 0.6) is 5.75 Å². The van der Waals surface area contributed by atoms with Gasteiger partial charge in [0.15, 0.2) is 5.11 Å². The topological polar surface area (TPSA) is 36.5 Å². The number of rotatable bonds is 7. The number of hydrogen-bond acceptors (Lipinski definition) is 3. The summed E-state index contributed by atoms with van der Waals surface area (Å²) in [6.07, 6.45) is 0. The molecule has 0 saturated heterocycles. The van der Waals surface area contributed by atoms with Crippen LogP contribution < -0.4 is 20.3 Å². The highest BCUT2D eigenvalue weighted by atomic mass is 35.5. The van der Waals surface area contributed by atoms with E-state index in [9.17, 15) is 0 Å². The van der Waals surface area contributed by atoms with Crippen LogP contribution in [0, 0.1) is 6.92 Å². The highest BCUT2D eigenvalue weighted by molar-refractivity contribution is 7.80. The fourth-order valence-corrected chi connectivity index (χ4v) is 2.93. The van der Waals surface area contributed by atoms with Gasteiger partial charge in [0, 0.05) is 31.0 Å². The van der Waals surface area contributed by atoms with Gasteiger partial charge in [-0.05, 0) is 56.4 Å². The van der Waals surface area contributed by atoms with E-state index in [2.05, 4.69) is 53.6 Å². The molecule has 0 amide bonds. The second kappa shape index (κ2) is 9.49. The summed E-state index contributed by atoms with van der Waals surface area (Å²) in [4.78, 5) is 2.30. The summed E-state index contributed by atoms with van der Waals surface area (Å²) in [6, 6.07) is 14.0. The Morgan fingerprint density at radius 2 is 1.92 bits per heavy atom. The Balaban J connectivity index is 1.83. The molecule has 0 heterocycles. The number of aryl methyl sites for hydroxylation is 1. The van der Waals surface area contributed by atoms with Gasteiger partial charge in [0.05, 0.1) is 12.1 Å². The van der Waals surface area contributed by atoms with Crippen LogP contribution in [0.2, 0.25) is 5.02 Å². The smallest absolute Gasteiger partial charge is 0.170 e. The maximum Gasteiger partial charge on any atom is 0.170 e. The molecule has 6 heteroatoms. The van der Waals surface area contributed by atoms with Gasteiger partial charge in [-0.15, -0.1) is 0 Å². The van der Waals surface area contributed by atoms with Gasteiger partial charge in [0.2, 0.25) is 0 Å². The maximum absolute atomic E-state index is 6.12. The number of anilines is 2. The lowest BCUT2D eigenvalue weighted by Crippen LogP contribution is -2.36. The van der Waals surface area contributed by atoms with Crippen LogP contribution in [0.15, 0.2) is 42.5 Å². The summed E-state index contributed by atoms with van der Waals surface area (Å²) in [5.74, 6) is 0.641. The summed E-state index contributed by atoms with van der Waals surface area (Å²) in [5.41, 5.74) is 3.31. The number of halogens is 1. The van der Waals surface area contributed by atoms with Gasteiger partial charge in [0.1, 0.15) is 5.75 Å². The molecule has 0 spiro atoms. The van der Waals surface area contributed by atoms with Gasteiger partial charge in [-0.25, -0.2) is 0 Å². The van der Waals surface area contributed by atoms with E-state index in [1.54, 1.807) is 13.2 Å². The third kappa shape index (κ3) is 5.80. The number of thiocarbonyl (C=S) groups is 1. The first-order valence-corrected chi connectivity index (χ1v) is 9.02. The van der Waals surface area contributed by atoms with Crippen LogP contribution in [0.4, 0.5) is 11.4 Å². The molecule has 0 fully saturated rings. The molecule has 0 aromatic heterocycles. The largest absolute Gasteiger partial charge is 0.495 e. The van der Waals surface area contributed by atoms with Crippen molar-refractivity contribution in [2.75, 3.05) is 37.0 Å². The van der Waals surface area contributed by atoms with Crippen molar-refractivity contribution in [3.63, 3.8) is 0 Å². The highest BCUT2D eigenvalue weighted by Crippen LogP contribution is 2.27. The summed E-state index contributed by atoms with van der Waals surface area (Å²) in [7, 11) is 1.59. The Morgan fingerprint density at radius 1 is 1.20 bits per heavy atom. The first kappa shape index (κ1) is 19.3. The van der Waals surface area contributed by atoms with E-state index in [1.165, 1.54) is 11.3 Å². The molecule has 0 atom stereocenters. The molecule has 0 bridgehead atoms. The average Bonchev–Trinajstić information content (AvgIpc) is 2.60. The van der Waals surface area contributed by atoms with Gasteiger partial charge < -0.3 is 20.3 Å². The molecule has 0 aliphatic rings. The molecule has 2 N–H and O–H groups in total. The predicted octanol–water partition coefficient (Wildman–Crippen LogP) is 4.47. The van der Waals surface area contributed by atoms with Crippen molar-refractivity contribution >= 4 is 40.3 Å². The number of likely N-dealkylation sites (N-methyl/N-ethyl adjacent to an activating group) is 1. The van der Waals surface area contributed by atoms with Crippen molar-refractivity contribution in [2.24, 2.45) is 0 Å².